The first kappa shape index (κ1) is 14.3. The van der Waals surface area contributed by atoms with Gasteiger partial charge in [-0.3, -0.25) is 4.79 Å². The number of benzene rings is 1. The van der Waals surface area contributed by atoms with E-state index in [0.29, 0.717) is 23.6 Å². The predicted octanol–water partition coefficient (Wildman–Crippen LogP) is 2.85. The molecule has 0 saturated carbocycles. The van der Waals surface area contributed by atoms with Crippen LogP contribution in [-0.4, -0.2) is 26.4 Å². The van der Waals surface area contributed by atoms with Crippen molar-refractivity contribution in [3.8, 4) is 5.75 Å². The van der Waals surface area contributed by atoms with Crippen molar-refractivity contribution in [3.63, 3.8) is 0 Å². The molecule has 1 aromatic carbocycles. The molecular formula is C13H12Cl2N4O2. The zero-order valence-electron chi connectivity index (χ0n) is 11.2. The number of ketones is 1. The van der Waals surface area contributed by atoms with E-state index in [2.05, 4.69) is 20.6 Å². The van der Waals surface area contributed by atoms with Crippen molar-refractivity contribution in [2.24, 2.45) is 5.92 Å². The number of nitrogens with one attached hydrogen (secondary N) is 1. The summed E-state index contributed by atoms with van der Waals surface area (Å²) >= 11 is 12.4. The Morgan fingerprint density at radius 3 is 2.90 bits per heavy atom. The van der Waals surface area contributed by atoms with Crippen LogP contribution in [0.5, 0.6) is 5.75 Å². The zero-order chi connectivity index (χ0) is 15.0. The molecule has 1 N–H and O–H groups in total. The van der Waals surface area contributed by atoms with Crippen LogP contribution in [-0.2, 0) is 13.0 Å². The number of rotatable bonds is 4. The molecule has 0 amide bonds. The van der Waals surface area contributed by atoms with E-state index in [1.54, 1.807) is 6.07 Å². The summed E-state index contributed by atoms with van der Waals surface area (Å²) in [5.74, 6) is 0.944. The molecule has 2 aromatic rings. The molecular weight excluding hydrogens is 315 g/mol. The lowest BCUT2D eigenvalue weighted by atomic mass is 10.0. The van der Waals surface area contributed by atoms with Crippen molar-refractivity contribution in [2.45, 2.75) is 26.4 Å². The Morgan fingerprint density at radius 1 is 1.43 bits per heavy atom. The molecule has 21 heavy (non-hydrogen) atoms. The van der Waals surface area contributed by atoms with Crippen molar-refractivity contribution in [1.29, 1.82) is 0 Å². The van der Waals surface area contributed by atoms with E-state index in [-0.39, 0.29) is 28.4 Å². The number of tetrazole rings is 1. The van der Waals surface area contributed by atoms with Gasteiger partial charge in [-0.2, -0.15) is 0 Å². The molecule has 1 heterocycles. The van der Waals surface area contributed by atoms with Crippen molar-refractivity contribution >= 4 is 29.0 Å². The topological polar surface area (TPSA) is 80.8 Å². The number of H-pyrrole nitrogens is 1. The van der Waals surface area contributed by atoms with E-state index in [1.165, 1.54) is 0 Å². The molecule has 1 aliphatic carbocycles. The average Bonchev–Trinajstić information content (AvgIpc) is 3.09. The summed E-state index contributed by atoms with van der Waals surface area (Å²) in [5.41, 5.74) is 1.41. The van der Waals surface area contributed by atoms with Crippen molar-refractivity contribution in [1.82, 2.24) is 20.6 Å². The van der Waals surface area contributed by atoms with Crippen LogP contribution in [0.3, 0.4) is 0 Å². The third kappa shape index (κ3) is 2.49. The second-order valence-electron chi connectivity index (χ2n) is 4.85. The zero-order valence-corrected chi connectivity index (χ0v) is 12.7. The molecule has 0 aliphatic heterocycles. The van der Waals surface area contributed by atoms with E-state index in [9.17, 15) is 4.79 Å². The van der Waals surface area contributed by atoms with Crippen molar-refractivity contribution in [2.75, 3.05) is 0 Å². The SMILES string of the molecule is CCC1Cc2cc(OCc3nnn[nH]3)c(Cl)c(Cl)c2C1=O. The van der Waals surface area contributed by atoms with Gasteiger partial charge >= 0.3 is 0 Å². The minimum absolute atomic E-state index is 0.0257. The number of halogens is 2. The van der Waals surface area contributed by atoms with Crippen molar-refractivity contribution < 1.29 is 9.53 Å². The molecule has 1 atom stereocenters. The highest BCUT2D eigenvalue weighted by Crippen LogP contribution is 2.42. The van der Waals surface area contributed by atoms with Gasteiger partial charge in [0.25, 0.3) is 0 Å². The fraction of sp³-hybridized carbons (Fsp3) is 0.385. The monoisotopic (exact) mass is 326 g/mol. The summed E-state index contributed by atoms with van der Waals surface area (Å²) < 4.78 is 5.59. The normalized spacial score (nSPS) is 17.1. The van der Waals surface area contributed by atoms with Gasteiger partial charge in [0.2, 0.25) is 0 Å². The number of ether oxygens (including phenoxy) is 1. The third-order valence-electron chi connectivity index (χ3n) is 3.58. The number of fused-ring (bicyclic) bond motifs is 1. The number of Topliss-reactive ketones (excluding diaryl/α,β-unsaturated/α-hetero) is 1. The molecule has 0 bridgehead atoms. The van der Waals surface area contributed by atoms with E-state index in [1.807, 2.05) is 6.92 Å². The lowest BCUT2D eigenvalue weighted by Gasteiger charge is -2.10. The Kier molecular flexibility index (Phi) is 3.82. The summed E-state index contributed by atoms with van der Waals surface area (Å²) in [5, 5.41) is 13.7. The summed E-state index contributed by atoms with van der Waals surface area (Å²) in [7, 11) is 0. The van der Waals surface area contributed by atoms with Gasteiger partial charge in [0, 0.05) is 11.5 Å². The lowest BCUT2D eigenvalue weighted by molar-refractivity contribution is 0.0934. The number of hydrogen-bond donors (Lipinski definition) is 1. The second-order valence-corrected chi connectivity index (χ2v) is 5.60. The lowest BCUT2D eigenvalue weighted by Crippen LogP contribution is -2.07. The number of aromatic amines is 1. The molecule has 6 nitrogen and oxygen atoms in total. The van der Waals surface area contributed by atoms with Crippen LogP contribution in [0.25, 0.3) is 0 Å². The molecule has 3 rings (SSSR count). The van der Waals surface area contributed by atoms with Crippen LogP contribution < -0.4 is 4.74 Å². The maximum absolute atomic E-state index is 12.2. The van der Waals surface area contributed by atoms with E-state index >= 15 is 0 Å². The smallest absolute Gasteiger partial charge is 0.186 e. The fourth-order valence-corrected chi connectivity index (χ4v) is 2.97. The Hall–Kier alpha value is -1.66. The quantitative estimate of drug-likeness (QED) is 0.934. The van der Waals surface area contributed by atoms with Crippen LogP contribution in [0.2, 0.25) is 10.0 Å². The highest BCUT2D eigenvalue weighted by molar-refractivity contribution is 6.45. The second kappa shape index (κ2) is 5.61. The molecule has 0 spiro atoms. The summed E-state index contributed by atoms with van der Waals surface area (Å²) in [6, 6.07) is 1.78. The number of carbonyl (C=O) groups is 1. The highest BCUT2D eigenvalue weighted by Gasteiger charge is 2.33. The fourth-order valence-electron chi connectivity index (χ4n) is 2.46. The first-order valence-electron chi connectivity index (χ1n) is 6.52. The van der Waals surface area contributed by atoms with Gasteiger partial charge in [0.1, 0.15) is 17.4 Å². The Balaban J connectivity index is 1.90. The largest absolute Gasteiger partial charge is 0.484 e. The Morgan fingerprint density at radius 2 is 2.24 bits per heavy atom. The predicted molar refractivity (Wildman–Crippen MR) is 76.8 cm³/mol. The summed E-state index contributed by atoms with van der Waals surface area (Å²) in [6.07, 6.45) is 1.45. The minimum atomic E-state index is -0.0257. The van der Waals surface area contributed by atoms with Crippen LogP contribution in [0.4, 0.5) is 0 Å². The van der Waals surface area contributed by atoms with Crippen LogP contribution in [0.1, 0.15) is 35.1 Å². The number of hydrogen-bond acceptors (Lipinski definition) is 5. The number of aromatic nitrogens is 4. The van der Waals surface area contributed by atoms with Gasteiger partial charge in [-0.1, -0.05) is 30.1 Å². The van der Waals surface area contributed by atoms with Gasteiger partial charge < -0.3 is 4.74 Å². The van der Waals surface area contributed by atoms with Crippen molar-refractivity contribution in [3.05, 3.63) is 33.1 Å². The number of carbonyl (C=O) groups excluding carboxylic acids is 1. The van der Waals surface area contributed by atoms with Gasteiger partial charge in [0.05, 0.1) is 5.02 Å². The maximum Gasteiger partial charge on any atom is 0.186 e. The standard InChI is InChI=1S/C13H12Cl2N4O2/c1-2-6-3-7-4-8(21-5-9-16-18-19-17-9)11(14)12(15)10(7)13(6)20/h4,6H,2-3,5H2,1H3,(H,16,17,18,19). The van der Waals surface area contributed by atoms with Gasteiger partial charge in [0.15, 0.2) is 11.6 Å². The van der Waals surface area contributed by atoms with Crippen LogP contribution in [0, 0.1) is 5.92 Å². The molecule has 8 heteroatoms. The van der Waals surface area contributed by atoms with E-state index in [0.717, 1.165) is 12.0 Å². The minimum Gasteiger partial charge on any atom is -0.484 e. The van der Waals surface area contributed by atoms with E-state index < -0.39 is 0 Å². The molecule has 1 aromatic heterocycles. The molecule has 1 unspecified atom stereocenters. The maximum atomic E-state index is 12.2. The highest BCUT2D eigenvalue weighted by atomic mass is 35.5. The molecule has 1 aliphatic rings. The molecule has 110 valence electrons. The Labute approximate surface area is 130 Å². The average molecular weight is 327 g/mol. The van der Waals surface area contributed by atoms with Gasteiger partial charge in [-0.15, -0.1) is 5.10 Å². The Bertz CT molecular complexity index is 688. The van der Waals surface area contributed by atoms with Crippen LogP contribution in [0.15, 0.2) is 6.07 Å². The molecule has 0 fully saturated rings. The van der Waals surface area contributed by atoms with Gasteiger partial charge in [-0.25, -0.2) is 5.10 Å². The summed E-state index contributed by atoms with van der Waals surface area (Å²) in [6.45, 7) is 2.13. The third-order valence-corrected chi connectivity index (χ3v) is 4.43. The van der Waals surface area contributed by atoms with E-state index in [4.69, 9.17) is 27.9 Å². The molecule has 0 radical (unpaired) electrons. The van der Waals surface area contributed by atoms with Gasteiger partial charge in [-0.05, 0) is 34.9 Å². The molecule has 0 saturated heterocycles. The number of nitrogens with zero attached hydrogens (tertiary/aromatic N) is 3. The summed E-state index contributed by atoms with van der Waals surface area (Å²) in [4.78, 5) is 12.2. The first-order valence-corrected chi connectivity index (χ1v) is 7.27. The van der Waals surface area contributed by atoms with Crippen LogP contribution >= 0.6 is 23.2 Å². The first-order chi connectivity index (χ1) is 10.1.